The molecule has 0 aliphatic rings. The summed E-state index contributed by atoms with van der Waals surface area (Å²) in [6, 6.07) is 17.8. The zero-order valence-corrected chi connectivity index (χ0v) is 17.8. The van der Waals surface area contributed by atoms with E-state index in [0.717, 1.165) is 11.3 Å². The third kappa shape index (κ3) is 6.71. The van der Waals surface area contributed by atoms with Gasteiger partial charge in [0, 0.05) is 18.8 Å². The Labute approximate surface area is 172 Å². The summed E-state index contributed by atoms with van der Waals surface area (Å²) < 4.78 is 0. The van der Waals surface area contributed by atoms with Crippen LogP contribution in [0.3, 0.4) is 0 Å². The highest BCUT2D eigenvalue weighted by molar-refractivity contribution is 7.99. The molecule has 2 amide bonds. The quantitative estimate of drug-likeness (QED) is 0.653. The lowest BCUT2D eigenvalue weighted by Gasteiger charge is -2.30. The summed E-state index contributed by atoms with van der Waals surface area (Å²) in [4.78, 5) is 27.3. The number of aryl methyl sites for hydroxylation is 1. The monoisotopic (exact) mass is 398 g/mol. The molecule has 0 heterocycles. The zero-order chi connectivity index (χ0) is 20.4. The van der Waals surface area contributed by atoms with E-state index in [4.69, 9.17) is 0 Å². The molecule has 1 atom stereocenters. The van der Waals surface area contributed by atoms with Crippen molar-refractivity contribution in [1.29, 1.82) is 0 Å². The number of hydrogen-bond donors (Lipinski definition) is 1. The van der Waals surface area contributed by atoms with Crippen LogP contribution in [0.2, 0.25) is 0 Å². The van der Waals surface area contributed by atoms with E-state index in [2.05, 4.69) is 36.5 Å². The third-order valence-corrected chi connectivity index (χ3v) is 5.54. The topological polar surface area (TPSA) is 49.4 Å². The van der Waals surface area contributed by atoms with Gasteiger partial charge in [0.05, 0.1) is 5.75 Å². The lowest BCUT2D eigenvalue weighted by atomic mass is 10.1. The predicted octanol–water partition coefficient (Wildman–Crippen LogP) is 4.17. The van der Waals surface area contributed by atoms with E-state index in [1.807, 2.05) is 44.2 Å². The van der Waals surface area contributed by atoms with Gasteiger partial charge in [0.15, 0.2) is 0 Å². The van der Waals surface area contributed by atoms with Crippen LogP contribution in [-0.4, -0.2) is 35.1 Å². The number of carbonyl (C=O) groups excluding carboxylic acids is 2. The molecule has 0 radical (unpaired) electrons. The number of likely N-dealkylation sites (N-methyl/N-ethyl adjacent to an activating group) is 1. The predicted molar refractivity (Wildman–Crippen MR) is 117 cm³/mol. The van der Waals surface area contributed by atoms with Crippen LogP contribution in [0.25, 0.3) is 0 Å². The maximum atomic E-state index is 13.0. The summed E-state index contributed by atoms with van der Waals surface area (Å²) in [5.41, 5.74) is 3.46. The van der Waals surface area contributed by atoms with Crippen molar-refractivity contribution in [3.63, 3.8) is 0 Å². The van der Waals surface area contributed by atoms with Gasteiger partial charge in [-0.3, -0.25) is 9.59 Å². The standard InChI is InChI=1S/C23H30N2O2S/c1-4-21(23(27)24-5-2)25(15-19-9-7-6-8-10-19)22(26)17-28-16-20-13-11-18(3)12-14-20/h6-14,21H,4-5,15-17H2,1-3H3,(H,24,27)/t21-/m1/s1. The molecule has 4 nitrogen and oxygen atoms in total. The molecule has 0 spiro atoms. The van der Waals surface area contributed by atoms with Crippen LogP contribution in [-0.2, 0) is 21.9 Å². The van der Waals surface area contributed by atoms with Gasteiger partial charge < -0.3 is 10.2 Å². The number of thioether (sulfide) groups is 1. The summed E-state index contributed by atoms with van der Waals surface area (Å²) >= 11 is 1.59. The van der Waals surface area contributed by atoms with Gasteiger partial charge in [-0.25, -0.2) is 0 Å². The van der Waals surface area contributed by atoms with E-state index >= 15 is 0 Å². The van der Waals surface area contributed by atoms with Crippen molar-refractivity contribution in [1.82, 2.24) is 10.2 Å². The third-order valence-electron chi connectivity index (χ3n) is 4.55. The molecule has 28 heavy (non-hydrogen) atoms. The number of carbonyl (C=O) groups is 2. The number of benzene rings is 2. The fraction of sp³-hybridized carbons (Fsp3) is 0.391. The number of nitrogens with one attached hydrogen (secondary N) is 1. The van der Waals surface area contributed by atoms with Crippen molar-refractivity contribution in [3.8, 4) is 0 Å². The maximum absolute atomic E-state index is 13.0. The number of hydrogen-bond acceptors (Lipinski definition) is 3. The van der Waals surface area contributed by atoms with E-state index in [-0.39, 0.29) is 11.8 Å². The fourth-order valence-electron chi connectivity index (χ4n) is 3.02. The fourth-order valence-corrected chi connectivity index (χ4v) is 3.89. The van der Waals surface area contributed by atoms with Crippen LogP contribution in [0.4, 0.5) is 0 Å². The molecular formula is C23H30N2O2S. The summed E-state index contributed by atoms with van der Waals surface area (Å²) in [5.74, 6) is 1.05. The normalized spacial score (nSPS) is 11.7. The summed E-state index contributed by atoms with van der Waals surface area (Å²) in [6.07, 6.45) is 0.590. The van der Waals surface area contributed by atoms with Gasteiger partial charge in [-0.05, 0) is 31.4 Å². The number of amides is 2. The van der Waals surface area contributed by atoms with E-state index < -0.39 is 6.04 Å². The molecular weight excluding hydrogens is 368 g/mol. The van der Waals surface area contributed by atoms with Crippen molar-refractivity contribution in [3.05, 3.63) is 71.3 Å². The minimum atomic E-state index is -0.451. The van der Waals surface area contributed by atoms with Crippen molar-refractivity contribution in [2.75, 3.05) is 12.3 Å². The average Bonchev–Trinajstić information content (AvgIpc) is 2.70. The van der Waals surface area contributed by atoms with E-state index in [1.54, 1.807) is 16.7 Å². The van der Waals surface area contributed by atoms with E-state index in [1.165, 1.54) is 11.1 Å². The minimum absolute atomic E-state index is 0.000863. The van der Waals surface area contributed by atoms with Gasteiger partial charge in [0.2, 0.25) is 11.8 Å². The smallest absolute Gasteiger partial charge is 0.242 e. The Kier molecular flexibility index (Phi) is 9.08. The van der Waals surface area contributed by atoms with Crippen LogP contribution in [0.1, 0.15) is 37.0 Å². The summed E-state index contributed by atoms with van der Waals surface area (Å²) in [7, 11) is 0. The van der Waals surface area contributed by atoms with Gasteiger partial charge in [0.25, 0.3) is 0 Å². The van der Waals surface area contributed by atoms with Crippen LogP contribution in [0.5, 0.6) is 0 Å². The lowest BCUT2D eigenvalue weighted by molar-refractivity contribution is -0.139. The first-order valence-electron chi connectivity index (χ1n) is 9.79. The number of nitrogens with zero attached hydrogens (tertiary/aromatic N) is 1. The van der Waals surface area contributed by atoms with Crippen LogP contribution in [0, 0.1) is 6.92 Å². The summed E-state index contributed by atoms with van der Waals surface area (Å²) in [6.45, 7) is 6.91. The second kappa shape index (κ2) is 11.5. The molecule has 0 saturated heterocycles. The highest BCUT2D eigenvalue weighted by atomic mass is 32.2. The molecule has 150 valence electrons. The Hall–Kier alpha value is -2.27. The molecule has 0 fully saturated rings. The Bertz CT molecular complexity index is 747. The maximum Gasteiger partial charge on any atom is 0.242 e. The molecule has 2 aromatic rings. The lowest BCUT2D eigenvalue weighted by Crippen LogP contribution is -2.49. The molecule has 2 aromatic carbocycles. The Morgan fingerprint density at radius 3 is 2.29 bits per heavy atom. The van der Waals surface area contributed by atoms with E-state index in [9.17, 15) is 9.59 Å². The Balaban J connectivity index is 2.06. The Morgan fingerprint density at radius 2 is 1.68 bits per heavy atom. The van der Waals surface area contributed by atoms with Gasteiger partial charge in [-0.1, -0.05) is 67.1 Å². The van der Waals surface area contributed by atoms with Crippen LogP contribution < -0.4 is 5.32 Å². The van der Waals surface area contributed by atoms with Crippen molar-refractivity contribution in [2.45, 2.75) is 45.5 Å². The molecule has 2 rings (SSSR count). The first-order chi connectivity index (χ1) is 13.5. The molecule has 5 heteroatoms. The second-order valence-electron chi connectivity index (χ2n) is 6.80. The van der Waals surface area contributed by atoms with E-state index in [0.29, 0.717) is 25.3 Å². The number of rotatable bonds is 10. The zero-order valence-electron chi connectivity index (χ0n) is 17.0. The van der Waals surface area contributed by atoms with Crippen LogP contribution >= 0.6 is 11.8 Å². The molecule has 0 bridgehead atoms. The second-order valence-corrected chi connectivity index (χ2v) is 7.79. The molecule has 1 N–H and O–H groups in total. The molecule has 0 aliphatic heterocycles. The average molecular weight is 399 g/mol. The Morgan fingerprint density at radius 1 is 1.00 bits per heavy atom. The summed E-state index contributed by atoms with van der Waals surface area (Å²) in [5, 5.41) is 2.87. The minimum Gasteiger partial charge on any atom is -0.355 e. The van der Waals surface area contributed by atoms with Crippen molar-refractivity contribution >= 4 is 23.6 Å². The van der Waals surface area contributed by atoms with Crippen molar-refractivity contribution in [2.24, 2.45) is 0 Å². The van der Waals surface area contributed by atoms with Gasteiger partial charge in [-0.15, -0.1) is 11.8 Å². The van der Waals surface area contributed by atoms with Gasteiger partial charge >= 0.3 is 0 Å². The molecule has 0 aliphatic carbocycles. The molecule has 0 aromatic heterocycles. The first kappa shape index (κ1) is 22.0. The highest BCUT2D eigenvalue weighted by Gasteiger charge is 2.28. The SMILES string of the molecule is CCNC(=O)[C@@H](CC)N(Cc1ccccc1)C(=O)CSCc1ccc(C)cc1. The molecule has 0 saturated carbocycles. The first-order valence-corrected chi connectivity index (χ1v) is 10.9. The highest BCUT2D eigenvalue weighted by Crippen LogP contribution is 2.17. The van der Waals surface area contributed by atoms with Crippen LogP contribution in [0.15, 0.2) is 54.6 Å². The van der Waals surface area contributed by atoms with Gasteiger partial charge in [0.1, 0.15) is 6.04 Å². The largest absolute Gasteiger partial charge is 0.355 e. The molecule has 0 unspecified atom stereocenters. The van der Waals surface area contributed by atoms with Gasteiger partial charge in [-0.2, -0.15) is 0 Å². The van der Waals surface area contributed by atoms with Crippen molar-refractivity contribution < 1.29 is 9.59 Å².